The van der Waals surface area contributed by atoms with E-state index in [1.165, 1.54) is 12.8 Å². The Hall–Kier alpha value is -0.570. The van der Waals surface area contributed by atoms with E-state index < -0.39 is 0 Å². The number of nitrogens with zero attached hydrogens (tertiary/aromatic N) is 1. The van der Waals surface area contributed by atoms with E-state index in [0.717, 1.165) is 38.4 Å². The first-order valence-electron chi connectivity index (χ1n) is 7.58. The molecule has 2 saturated heterocycles. The summed E-state index contributed by atoms with van der Waals surface area (Å²) in [5.74, 6) is 2.11. The highest BCUT2D eigenvalue weighted by atomic mass is 16.2. The smallest absolute Gasteiger partial charge is 0.225 e. The molecule has 0 aromatic heterocycles. The summed E-state index contributed by atoms with van der Waals surface area (Å²) in [6.07, 6.45) is 4.48. The number of carbonyl (C=O) groups is 1. The quantitative estimate of drug-likeness (QED) is 0.776. The molecule has 3 heteroatoms. The summed E-state index contributed by atoms with van der Waals surface area (Å²) >= 11 is 0. The van der Waals surface area contributed by atoms with Crippen LogP contribution in [-0.2, 0) is 4.79 Å². The van der Waals surface area contributed by atoms with Gasteiger partial charge in [-0.15, -0.1) is 0 Å². The second-order valence-corrected chi connectivity index (χ2v) is 6.60. The number of hydrogen-bond acceptors (Lipinski definition) is 2. The summed E-state index contributed by atoms with van der Waals surface area (Å²) in [6.45, 7) is 9.73. The van der Waals surface area contributed by atoms with Gasteiger partial charge in [0.1, 0.15) is 0 Å². The molecule has 2 rings (SSSR count). The van der Waals surface area contributed by atoms with Crippen molar-refractivity contribution in [3.8, 4) is 0 Å². The molecule has 3 nitrogen and oxygen atoms in total. The van der Waals surface area contributed by atoms with E-state index in [4.69, 9.17) is 0 Å². The molecule has 0 aromatic rings. The van der Waals surface area contributed by atoms with Crippen LogP contribution in [0.15, 0.2) is 0 Å². The summed E-state index contributed by atoms with van der Waals surface area (Å²) in [6, 6.07) is 0.496. The molecule has 0 spiro atoms. The highest BCUT2D eigenvalue weighted by Crippen LogP contribution is 2.25. The topological polar surface area (TPSA) is 32.3 Å². The number of rotatable bonds is 1. The Morgan fingerprint density at radius 2 is 1.89 bits per heavy atom. The van der Waals surface area contributed by atoms with Gasteiger partial charge in [-0.2, -0.15) is 0 Å². The van der Waals surface area contributed by atoms with Crippen molar-refractivity contribution in [3.05, 3.63) is 0 Å². The van der Waals surface area contributed by atoms with E-state index in [1.54, 1.807) is 0 Å². The number of hydrogen-bond donors (Lipinski definition) is 1. The molecule has 1 amide bonds. The number of likely N-dealkylation sites (tertiary alicyclic amines) is 1. The van der Waals surface area contributed by atoms with Crippen molar-refractivity contribution >= 4 is 5.91 Å². The van der Waals surface area contributed by atoms with Crippen LogP contribution in [-0.4, -0.2) is 36.5 Å². The average molecular weight is 252 g/mol. The van der Waals surface area contributed by atoms with Gasteiger partial charge in [-0.05, 0) is 51.0 Å². The zero-order chi connectivity index (χ0) is 13.1. The predicted molar refractivity (Wildman–Crippen MR) is 74.3 cm³/mol. The minimum atomic E-state index is 0.266. The van der Waals surface area contributed by atoms with Gasteiger partial charge in [-0.3, -0.25) is 4.79 Å². The maximum Gasteiger partial charge on any atom is 0.225 e. The van der Waals surface area contributed by atoms with Crippen LogP contribution < -0.4 is 5.32 Å². The van der Waals surface area contributed by atoms with Crippen LogP contribution in [0.1, 0.15) is 46.5 Å². The molecule has 18 heavy (non-hydrogen) atoms. The zero-order valence-corrected chi connectivity index (χ0v) is 12.1. The largest absolute Gasteiger partial charge is 0.342 e. The minimum Gasteiger partial charge on any atom is -0.342 e. The molecule has 104 valence electrons. The third-order valence-electron chi connectivity index (χ3n) is 4.51. The number of piperidine rings is 1. The number of nitrogens with one attached hydrogen (secondary N) is 1. The van der Waals surface area contributed by atoms with Crippen LogP contribution in [0.5, 0.6) is 0 Å². The maximum atomic E-state index is 12.6. The Morgan fingerprint density at radius 3 is 2.61 bits per heavy atom. The first kappa shape index (κ1) is 13.9. The van der Waals surface area contributed by atoms with Gasteiger partial charge >= 0.3 is 0 Å². The van der Waals surface area contributed by atoms with E-state index in [1.807, 2.05) is 0 Å². The summed E-state index contributed by atoms with van der Waals surface area (Å²) in [4.78, 5) is 14.8. The molecule has 2 fully saturated rings. The fraction of sp³-hybridized carbons (Fsp3) is 0.933. The Bertz CT molecular complexity index is 292. The van der Waals surface area contributed by atoms with Gasteiger partial charge < -0.3 is 10.2 Å². The Morgan fingerprint density at radius 1 is 1.11 bits per heavy atom. The van der Waals surface area contributed by atoms with Crippen LogP contribution in [0.3, 0.4) is 0 Å². The molecule has 0 saturated carbocycles. The monoisotopic (exact) mass is 252 g/mol. The lowest BCUT2D eigenvalue weighted by atomic mass is 9.91. The predicted octanol–water partition coefficient (Wildman–Crippen LogP) is 2.27. The van der Waals surface area contributed by atoms with E-state index in [0.29, 0.717) is 17.9 Å². The second kappa shape index (κ2) is 6.05. The van der Waals surface area contributed by atoms with Crippen LogP contribution in [0.25, 0.3) is 0 Å². The number of carbonyl (C=O) groups excluding carboxylic acids is 1. The molecular formula is C15H28N2O. The molecule has 0 radical (unpaired) electrons. The molecule has 0 aliphatic carbocycles. The maximum absolute atomic E-state index is 12.6. The zero-order valence-electron chi connectivity index (χ0n) is 12.1. The Kier molecular flexibility index (Phi) is 4.66. The van der Waals surface area contributed by atoms with E-state index >= 15 is 0 Å². The van der Waals surface area contributed by atoms with Gasteiger partial charge in [0.25, 0.3) is 0 Å². The summed E-state index contributed by atoms with van der Waals surface area (Å²) < 4.78 is 0. The van der Waals surface area contributed by atoms with E-state index in [2.05, 4.69) is 31.0 Å². The fourth-order valence-corrected chi connectivity index (χ4v) is 3.54. The molecule has 2 heterocycles. The van der Waals surface area contributed by atoms with Crippen LogP contribution >= 0.6 is 0 Å². The van der Waals surface area contributed by atoms with Gasteiger partial charge in [-0.1, -0.05) is 13.8 Å². The molecule has 2 aliphatic heterocycles. The third kappa shape index (κ3) is 3.47. The van der Waals surface area contributed by atoms with Gasteiger partial charge in [0.2, 0.25) is 5.91 Å². The van der Waals surface area contributed by atoms with E-state index in [-0.39, 0.29) is 5.92 Å². The molecule has 1 N–H and O–H groups in total. The van der Waals surface area contributed by atoms with Crippen molar-refractivity contribution in [1.82, 2.24) is 10.2 Å². The van der Waals surface area contributed by atoms with Crippen molar-refractivity contribution in [2.45, 2.75) is 52.5 Å². The molecular weight excluding hydrogens is 224 g/mol. The highest BCUT2D eigenvalue weighted by molar-refractivity contribution is 5.79. The molecule has 0 aromatic carbocycles. The van der Waals surface area contributed by atoms with Crippen molar-refractivity contribution < 1.29 is 4.79 Å². The van der Waals surface area contributed by atoms with Crippen molar-refractivity contribution in [2.75, 3.05) is 19.6 Å². The third-order valence-corrected chi connectivity index (χ3v) is 4.51. The Labute approximate surface area is 111 Å². The van der Waals surface area contributed by atoms with Crippen LogP contribution in [0.4, 0.5) is 0 Å². The van der Waals surface area contributed by atoms with Gasteiger partial charge in [0.15, 0.2) is 0 Å². The molecule has 0 bridgehead atoms. The van der Waals surface area contributed by atoms with E-state index in [9.17, 15) is 4.79 Å². The normalized spacial score (nSPS) is 38.3. The number of amides is 1. The summed E-state index contributed by atoms with van der Waals surface area (Å²) in [5, 5.41) is 3.43. The molecule has 2 unspecified atom stereocenters. The lowest BCUT2D eigenvalue weighted by Gasteiger charge is -2.32. The minimum absolute atomic E-state index is 0.266. The van der Waals surface area contributed by atoms with Gasteiger partial charge in [0.05, 0.1) is 0 Å². The lowest BCUT2D eigenvalue weighted by molar-refractivity contribution is -0.137. The van der Waals surface area contributed by atoms with Crippen LogP contribution in [0, 0.1) is 17.8 Å². The fourth-order valence-electron chi connectivity index (χ4n) is 3.54. The van der Waals surface area contributed by atoms with Crippen molar-refractivity contribution in [1.29, 1.82) is 0 Å². The van der Waals surface area contributed by atoms with Gasteiger partial charge in [0, 0.05) is 25.0 Å². The molecule has 4 atom stereocenters. The highest BCUT2D eigenvalue weighted by Gasteiger charge is 2.30. The van der Waals surface area contributed by atoms with Crippen molar-refractivity contribution in [2.24, 2.45) is 17.8 Å². The standard InChI is InChI=1S/C15H28N2O/c1-11-5-7-17(10-12(2)8-11)15(18)14-4-6-16-13(3)9-14/h11-14,16H,4-10H2,1-3H3/t11?,12?,13-,14-/m0/s1. The molecule has 2 aliphatic rings. The summed E-state index contributed by atoms with van der Waals surface area (Å²) in [5.41, 5.74) is 0. The average Bonchev–Trinajstić information content (AvgIpc) is 2.49. The van der Waals surface area contributed by atoms with Crippen LogP contribution in [0.2, 0.25) is 0 Å². The lowest BCUT2D eigenvalue weighted by Crippen LogP contribution is -2.45. The summed E-state index contributed by atoms with van der Waals surface area (Å²) in [7, 11) is 0. The first-order chi connectivity index (χ1) is 8.56. The first-order valence-corrected chi connectivity index (χ1v) is 7.58. The SMILES string of the molecule is CC1CCN(C(=O)[C@H]2CCN[C@@H](C)C2)CC(C)C1. The van der Waals surface area contributed by atoms with Crippen molar-refractivity contribution in [3.63, 3.8) is 0 Å². The van der Waals surface area contributed by atoms with Gasteiger partial charge in [-0.25, -0.2) is 0 Å². The second-order valence-electron chi connectivity index (χ2n) is 6.60. The Balaban J connectivity index is 1.94.